The maximum absolute atomic E-state index is 12.5. The van der Waals surface area contributed by atoms with Crippen molar-refractivity contribution in [2.45, 2.75) is 55.9 Å². The number of carbonyl (C=O) groups excluding carboxylic acids is 2. The van der Waals surface area contributed by atoms with Crippen LogP contribution in [0.15, 0.2) is 0 Å². The lowest BCUT2D eigenvalue weighted by molar-refractivity contribution is -0.121. The van der Waals surface area contributed by atoms with Crippen LogP contribution in [0.2, 0.25) is 0 Å². The van der Waals surface area contributed by atoms with Crippen molar-refractivity contribution in [3.05, 3.63) is 16.0 Å². The highest BCUT2D eigenvalue weighted by Crippen LogP contribution is 2.38. The van der Waals surface area contributed by atoms with E-state index in [4.69, 9.17) is 51.8 Å². The third kappa shape index (κ3) is 6.10. The van der Waals surface area contributed by atoms with Crippen molar-refractivity contribution < 1.29 is 14.3 Å². The molecule has 0 saturated carbocycles. The summed E-state index contributed by atoms with van der Waals surface area (Å²) in [4.78, 5) is 25.4. The van der Waals surface area contributed by atoms with Crippen LogP contribution in [0.1, 0.15) is 53.9 Å². The number of rotatable bonds is 6. The molecule has 1 aromatic heterocycles. The number of fused-ring (bicyclic) bond motifs is 1. The number of carbonyl (C=O) groups is 2. The summed E-state index contributed by atoms with van der Waals surface area (Å²) in [7, 11) is 0. The second-order valence-corrected chi connectivity index (χ2v) is 10.0. The summed E-state index contributed by atoms with van der Waals surface area (Å²) in [6, 6.07) is 0. The van der Waals surface area contributed by atoms with Crippen molar-refractivity contribution in [1.29, 1.82) is 0 Å². The maximum Gasteiger partial charge on any atom is 0.341 e. The highest BCUT2D eigenvalue weighted by molar-refractivity contribution is 7.80. The molecule has 0 aliphatic heterocycles. The number of aryl methyl sites for hydroxylation is 1. The first-order valence-electron chi connectivity index (χ1n) is 8.92. The molecule has 0 bridgehead atoms. The highest BCUT2D eigenvalue weighted by atomic mass is 35.6. The van der Waals surface area contributed by atoms with Gasteiger partial charge >= 0.3 is 5.97 Å². The van der Waals surface area contributed by atoms with Crippen LogP contribution in [0, 0.1) is 0 Å². The molecule has 0 spiro atoms. The monoisotopic (exact) mass is 485 g/mol. The van der Waals surface area contributed by atoms with Crippen LogP contribution in [0.3, 0.4) is 0 Å². The molecule has 1 unspecified atom stereocenters. The summed E-state index contributed by atoms with van der Waals surface area (Å²) in [5.74, 6) is -0.685. The molecule has 11 heteroatoms. The number of nitrogens with one attached hydrogen (secondary N) is 3. The van der Waals surface area contributed by atoms with Gasteiger partial charge in [-0.25, -0.2) is 4.79 Å². The molecule has 0 aromatic carbocycles. The van der Waals surface area contributed by atoms with Gasteiger partial charge in [0.05, 0.1) is 12.2 Å². The first-order valence-corrected chi connectivity index (χ1v) is 11.3. The van der Waals surface area contributed by atoms with E-state index in [0.29, 0.717) is 10.6 Å². The van der Waals surface area contributed by atoms with E-state index in [0.717, 1.165) is 36.1 Å². The number of hydrogen-bond acceptors (Lipinski definition) is 5. The van der Waals surface area contributed by atoms with Crippen LogP contribution in [0.4, 0.5) is 5.00 Å². The zero-order chi connectivity index (χ0) is 20.9. The first kappa shape index (κ1) is 23.5. The molecule has 0 fully saturated rings. The molecule has 1 aliphatic carbocycles. The lowest BCUT2D eigenvalue weighted by atomic mass is 9.95. The molecule has 0 radical (unpaired) electrons. The third-order valence-electron chi connectivity index (χ3n) is 4.11. The molecule has 6 nitrogen and oxygen atoms in total. The molecule has 3 N–H and O–H groups in total. The van der Waals surface area contributed by atoms with Gasteiger partial charge in [0.2, 0.25) is 9.70 Å². The predicted molar refractivity (Wildman–Crippen MR) is 119 cm³/mol. The van der Waals surface area contributed by atoms with Gasteiger partial charge in [-0.2, -0.15) is 0 Å². The Hall–Kier alpha value is -0.800. The fourth-order valence-corrected chi connectivity index (χ4v) is 4.70. The van der Waals surface area contributed by atoms with Crippen molar-refractivity contribution in [2.24, 2.45) is 0 Å². The Labute approximate surface area is 188 Å². The fraction of sp³-hybridized carbons (Fsp3) is 0.588. The van der Waals surface area contributed by atoms with Crippen LogP contribution in [-0.4, -0.2) is 33.6 Å². The van der Waals surface area contributed by atoms with Crippen LogP contribution in [-0.2, 0) is 22.4 Å². The number of esters is 1. The Morgan fingerprint density at radius 1 is 1.21 bits per heavy atom. The van der Waals surface area contributed by atoms with Crippen molar-refractivity contribution >= 4 is 80.3 Å². The second kappa shape index (κ2) is 10.3. The summed E-state index contributed by atoms with van der Waals surface area (Å²) in [6.07, 6.45) is 3.03. The molecule has 1 amide bonds. The number of amides is 1. The minimum Gasteiger partial charge on any atom is -0.462 e. The molecule has 1 atom stereocenters. The van der Waals surface area contributed by atoms with Gasteiger partial charge in [0.15, 0.2) is 5.11 Å². The van der Waals surface area contributed by atoms with Gasteiger partial charge in [0.1, 0.15) is 11.2 Å². The van der Waals surface area contributed by atoms with Crippen molar-refractivity contribution in [3.63, 3.8) is 0 Å². The maximum atomic E-state index is 12.5. The molecule has 1 aliphatic rings. The summed E-state index contributed by atoms with van der Waals surface area (Å²) >= 11 is 24.6. The second-order valence-electron chi connectivity index (χ2n) is 6.13. The number of thiocarbonyl (C=S) groups is 1. The van der Waals surface area contributed by atoms with Gasteiger partial charge in [-0.1, -0.05) is 41.7 Å². The number of anilines is 1. The van der Waals surface area contributed by atoms with E-state index in [1.807, 2.05) is 0 Å². The van der Waals surface area contributed by atoms with E-state index < -0.39 is 9.96 Å². The average molecular weight is 487 g/mol. The minimum atomic E-state index is -1.82. The van der Waals surface area contributed by atoms with Crippen molar-refractivity contribution in [2.75, 3.05) is 11.9 Å². The first-order chi connectivity index (χ1) is 13.2. The summed E-state index contributed by atoms with van der Waals surface area (Å²) in [6.45, 7) is 3.73. The van der Waals surface area contributed by atoms with Crippen LogP contribution >= 0.6 is 58.4 Å². The van der Waals surface area contributed by atoms with Gasteiger partial charge in [-0.05, 0) is 50.4 Å². The average Bonchev–Trinajstić information content (AvgIpc) is 2.98. The smallest absolute Gasteiger partial charge is 0.341 e. The Morgan fingerprint density at radius 2 is 1.89 bits per heavy atom. The van der Waals surface area contributed by atoms with E-state index in [2.05, 4.69) is 16.0 Å². The molecular weight excluding hydrogens is 465 g/mol. The minimum absolute atomic E-state index is 0.122. The molecular formula is C17H22Cl3N3O3S2. The summed E-state index contributed by atoms with van der Waals surface area (Å²) < 4.78 is 3.40. The molecule has 28 heavy (non-hydrogen) atoms. The number of hydrogen-bond donors (Lipinski definition) is 3. The molecule has 0 saturated heterocycles. The predicted octanol–water partition coefficient (Wildman–Crippen LogP) is 4.31. The van der Waals surface area contributed by atoms with E-state index >= 15 is 0 Å². The van der Waals surface area contributed by atoms with Gasteiger partial charge < -0.3 is 20.7 Å². The zero-order valence-electron chi connectivity index (χ0n) is 15.5. The molecule has 2 rings (SSSR count). The van der Waals surface area contributed by atoms with Crippen molar-refractivity contribution in [3.8, 4) is 0 Å². The normalized spacial score (nSPS) is 14.6. The largest absolute Gasteiger partial charge is 0.462 e. The number of alkyl halides is 3. The molecule has 156 valence electrons. The van der Waals surface area contributed by atoms with Gasteiger partial charge in [-0.3, -0.25) is 4.79 Å². The van der Waals surface area contributed by atoms with E-state index in [1.54, 1.807) is 13.8 Å². The van der Waals surface area contributed by atoms with Crippen LogP contribution in [0.5, 0.6) is 0 Å². The molecule has 1 aromatic rings. The Balaban J connectivity index is 2.21. The van der Waals surface area contributed by atoms with Gasteiger partial charge in [0, 0.05) is 11.3 Å². The van der Waals surface area contributed by atoms with Crippen LogP contribution < -0.4 is 16.0 Å². The number of ether oxygens (including phenoxy) is 1. The zero-order valence-corrected chi connectivity index (χ0v) is 19.4. The Kier molecular flexibility index (Phi) is 8.63. The summed E-state index contributed by atoms with van der Waals surface area (Å²) in [5, 5.41) is 9.09. The van der Waals surface area contributed by atoms with Crippen molar-refractivity contribution in [1.82, 2.24) is 10.6 Å². The topological polar surface area (TPSA) is 79.5 Å². The van der Waals surface area contributed by atoms with E-state index in [1.165, 1.54) is 11.3 Å². The standard InChI is InChI=1S/C17H22Cl3N3O3S2/c1-3-11(24)21-15(17(18,19)20)23-16(27)22-13-12(14(25)26-4-2)9-7-5-6-8-10(9)28-13/h15H,3-8H2,1-2H3,(H,21,24)(H2,22,23,27). The van der Waals surface area contributed by atoms with E-state index in [-0.39, 0.29) is 30.0 Å². The fourth-order valence-electron chi connectivity index (χ4n) is 2.81. The van der Waals surface area contributed by atoms with Crippen LogP contribution in [0.25, 0.3) is 0 Å². The molecule has 1 heterocycles. The Morgan fingerprint density at radius 3 is 2.50 bits per heavy atom. The van der Waals surface area contributed by atoms with Gasteiger partial charge in [0.25, 0.3) is 0 Å². The Bertz CT molecular complexity index is 750. The quantitative estimate of drug-likeness (QED) is 0.241. The summed E-state index contributed by atoms with van der Waals surface area (Å²) in [5.41, 5.74) is 1.52. The SMILES string of the molecule is CCOC(=O)c1c(NC(=S)NC(NC(=O)CC)C(Cl)(Cl)Cl)sc2c1CCCC2. The highest BCUT2D eigenvalue weighted by Gasteiger charge is 2.35. The lowest BCUT2D eigenvalue weighted by Gasteiger charge is -2.27. The third-order valence-corrected chi connectivity index (χ3v) is 6.19. The van der Waals surface area contributed by atoms with E-state index in [9.17, 15) is 9.59 Å². The number of halogens is 3. The van der Waals surface area contributed by atoms with Gasteiger partial charge in [-0.15, -0.1) is 11.3 Å². The lowest BCUT2D eigenvalue weighted by Crippen LogP contribution is -2.56. The number of thiophene rings is 1.